The maximum atomic E-state index is 12.4. The van der Waals surface area contributed by atoms with Gasteiger partial charge in [-0.1, -0.05) is 34.8 Å². The van der Waals surface area contributed by atoms with Gasteiger partial charge < -0.3 is 10.6 Å². The first-order chi connectivity index (χ1) is 11.0. The predicted octanol–water partition coefficient (Wildman–Crippen LogP) is 2.69. The van der Waals surface area contributed by atoms with Gasteiger partial charge >= 0.3 is 0 Å². The average Bonchev–Trinajstić information content (AvgIpc) is 2.55. The second-order valence-electron chi connectivity index (χ2n) is 5.81. The van der Waals surface area contributed by atoms with Gasteiger partial charge in [-0.05, 0) is 37.5 Å². The number of hydrogen-bond donors (Lipinski definition) is 2. The van der Waals surface area contributed by atoms with E-state index in [9.17, 15) is 9.59 Å². The second-order valence-corrected chi connectivity index (χ2v) is 6.67. The third kappa shape index (κ3) is 4.55. The normalized spacial score (nSPS) is 20.4. The Morgan fingerprint density at radius 2 is 2.09 bits per heavy atom. The fraction of sp³-hybridized carbons (Fsp3) is 0.471. The van der Waals surface area contributed by atoms with E-state index in [-0.39, 0.29) is 30.3 Å². The Morgan fingerprint density at radius 1 is 1.35 bits per heavy atom. The zero-order valence-corrected chi connectivity index (χ0v) is 14.6. The van der Waals surface area contributed by atoms with Gasteiger partial charge in [0.05, 0.1) is 12.0 Å². The first-order valence-corrected chi connectivity index (χ1v) is 8.54. The fourth-order valence-corrected chi connectivity index (χ4v) is 3.24. The van der Waals surface area contributed by atoms with Gasteiger partial charge in [-0.2, -0.15) is 5.26 Å². The highest BCUT2D eigenvalue weighted by Gasteiger charge is 2.32. The van der Waals surface area contributed by atoms with Crippen LogP contribution >= 0.6 is 15.9 Å². The molecule has 0 aliphatic heterocycles. The van der Waals surface area contributed by atoms with Crippen molar-refractivity contribution >= 4 is 27.7 Å². The summed E-state index contributed by atoms with van der Waals surface area (Å²) in [5.74, 6) is -0.591. The molecule has 1 saturated carbocycles. The van der Waals surface area contributed by atoms with Crippen LogP contribution in [0.25, 0.3) is 0 Å². The van der Waals surface area contributed by atoms with Crippen LogP contribution in [0.4, 0.5) is 0 Å². The molecule has 5 nitrogen and oxygen atoms in total. The number of carbonyl (C=O) groups is 2. The molecule has 23 heavy (non-hydrogen) atoms. The van der Waals surface area contributed by atoms with Gasteiger partial charge in [0.15, 0.2) is 0 Å². The van der Waals surface area contributed by atoms with E-state index in [0.717, 1.165) is 35.7 Å². The standard InChI is InChI=1S/C17H20BrN3O2/c1-11-6-7-12(10-14(11)18)16(22)21-15-5-3-2-4-13(15)17(23)20-9-8-19/h6-7,10,13,15H,2-5,9H2,1H3,(H,20,23)(H,21,22)/t13-,15-/m1/s1. The summed E-state index contributed by atoms with van der Waals surface area (Å²) >= 11 is 3.43. The number of carbonyl (C=O) groups excluding carboxylic acids is 2. The molecule has 6 heteroatoms. The molecule has 0 aromatic heterocycles. The molecule has 2 amide bonds. The lowest BCUT2D eigenvalue weighted by Crippen LogP contribution is -2.48. The van der Waals surface area contributed by atoms with Crippen LogP contribution < -0.4 is 10.6 Å². The molecular weight excluding hydrogens is 358 g/mol. The van der Waals surface area contributed by atoms with E-state index in [4.69, 9.17) is 5.26 Å². The molecule has 1 aliphatic carbocycles. The number of nitrogens with zero attached hydrogens (tertiary/aromatic N) is 1. The topological polar surface area (TPSA) is 82.0 Å². The summed E-state index contributed by atoms with van der Waals surface area (Å²) in [5, 5.41) is 14.2. The third-order valence-corrected chi connectivity index (χ3v) is 5.05. The van der Waals surface area contributed by atoms with Crippen LogP contribution in [-0.2, 0) is 4.79 Å². The SMILES string of the molecule is Cc1ccc(C(=O)N[C@@H]2CCCC[C@H]2C(=O)NCC#N)cc1Br. The van der Waals surface area contributed by atoms with Gasteiger partial charge in [-0.15, -0.1) is 0 Å². The molecule has 2 atom stereocenters. The van der Waals surface area contributed by atoms with E-state index < -0.39 is 0 Å². The number of rotatable bonds is 4. The third-order valence-electron chi connectivity index (χ3n) is 4.19. The number of benzene rings is 1. The zero-order valence-electron chi connectivity index (χ0n) is 13.1. The molecule has 0 radical (unpaired) electrons. The van der Waals surface area contributed by atoms with Gasteiger partial charge in [0.25, 0.3) is 5.91 Å². The molecule has 122 valence electrons. The Labute approximate surface area is 144 Å². The number of nitriles is 1. The Morgan fingerprint density at radius 3 is 2.78 bits per heavy atom. The lowest BCUT2D eigenvalue weighted by atomic mass is 9.83. The molecule has 1 fully saturated rings. The quantitative estimate of drug-likeness (QED) is 0.791. The van der Waals surface area contributed by atoms with Crippen LogP contribution in [0.15, 0.2) is 22.7 Å². The summed E-state index contributed by atoms with van der Waals surface area (Å²) in [6.45, 7) is 1.96. The van der Waals surface area contributed by atoms with E-state index in [1.54, 1.807) is 12.1 Å². The van der Waals surface area contributed by atoms with Crippen molar-refractivity contribution < 1.29 is 9.59 Å². The molecule has 0 spiro atoms. The summed E-state index contributed by atoms with van der Waals surface area (Å²) < 4.78 is 0.886. The minimum absolute atomic E-state index is 0.000901. The molecule has 2 rings (SSSR count). The lowest BCUT2D eigenvalue weighted by molar-refractivity contribution is -0.126. The van der Waals surface area contributed by atoms with E-state index >= 15 is 0 Å². The average molecular weight is 378 g/mol. The van der Waals surface area contributed by atoms with Gasteiger partial charge in [-0.3, -0.25) is 9.59 Å². The first-order valence-electron chi connectivity index (χ1n) is 7.74. The number of hydrogen-bond acceptors (Lipinski definition) is 3. The number of nitrogens with one attached hydrogen (secondary N) is 2. The fourth-order valence-electron chi connectivity index (χ4n) is 2.86. The molecule has 2 N–H and O–H groups in total. The number of halogens is 1. The van der Waals surface area contributed by atoms with Crippen molar-refractivity contribution in [3.63, 3.8) is 0 Å². The molecule has 0 heterocycles. The maximum Gasteiger partial charge on any atom is 0.251 e. The molecule has 0 bridgehead atoms. The van der Waals surface area contributed by atoms with Crippen LogP contribution in [-0.4, -0.2) is 24.4 Å². The van der Waals surface area contributed by atoms with Crippen molar-refractivity contribution in [1.82, 2.24) is 10.6 Å². The smallest absolute Gasteiger partial charge is 0.251 e. The Bertz CT molecular complexity index is 639. The van der Waals surface area contributed by atoms with Crippen molar-refractivity contribution in [2.24, 2.45) is 5.92 Å². The van der Waals surface area contributed by atoms with Crippen LogP contribution in [0.5, 0.6) is 0 Å². The van der Waals surface area contributed by atoms with Crippen molar-refractivity contribution in [3.05, 3.63) is 33.8 Å². The van der Waals surface area contributed by atoms with Crippen LogP contribution in [0, 0.1) is 24.2 Å². The first kappa shape index (κ1) is 17.5. The van der Waals surface area contributed by atoms with Crippen molar-refractivity contribution in [2.75, 3.05) is 6.54 Å². The van der Waals surface area contributed by atoms with E-state index in [0.29, 0.717) is 5.56 Å². The highest BCUT2D eigenvalue weighted by molar-refractivity contribution is 9.10. The van der Waals surface area contributed by atoms with E-state index in [1.165, 1.54) is 0 Å². The summed E-state index contributed by atoms with van der Waals surface area (Å²) in [7, 11) is 0. The van der Waals surface area contributed by atoms with E-state index in [2.05, 4.69) is 26.6 Å². The molecular formula is C17H20BrN3O2. The maximum absolute atomic E-state index is 12.4. The molecule has 0 saturated heterocycles. The Hall–Kier alpha value is -1.87. The van der Waals surface area contributed by atoms with Gasteiger partial charge in [0, 0.05) is 16.1 Å². The summed E-state index contributed by atoms with van der Waals surface area (Å²) in [6, 6.07) is 7.18. The largest absolute Gasteiger partial charge is 0.349 e. The second kappa shape index (κ2) is 8.11. The molecule has 1 aliphatic rings. The Kier molecular flexibility index (Phi) is 6.17. The lowest BCUT2D eigenvalue weighted by Gasteiger charge is -2.31. The van der Waals surface area contributed by atoms with Crippen molar-refractivity contribution in [3.8, 4) is 6.07 Å². The summed E-state index contributed by atoms with van der Waals surface area (Å²) in [4.78, 5) is 24.6. The van der Waals surface area contributed by atoms with Crippen LogP contribution in [0.1, 0.15) is 41.6 Å². The number of amides is 2. The molecule has 0 unspecified atom stereocenters. The van der Waals surface area contributed by atoms with Gasteiger partial charge in [0.2, 0.25) is 5.91 Å². The highest BCUT2D eigenvalue weighted by atomic mass is 79.9. The molecule has 1 aromatic rings. The predicted molar refractivity (Wildman–Crippen MR) is 90.7 cm³/mol. The number of aryl methyl sites for hydroxylation is 1. The summed E-state index contributed by atoms with van der Waals surface area (Å²) in [6.07, 6.45) is 3.47. The Balaban J connectivity index is 2.06. The minimum atomic E-state index is -0.269. The van der Waals surface area contributed by atoms with Crippen LogP contribution in [0.3, 0.4) is 0 Å². The van der Waals surface area contributed by atoms with Crippen LogP contribution in [0.2, 0.25) is 0 Å². The van der Waals surface area contributed by atoms with Gasteiger partial charge in [-0.25, -0.2) is 0 Å². The van der Waals surface area contributed by atoms with Gasteiger partial charge in [0.1, 0.15) is 6.54 Å². The monoisotopic (exact) mass is 377 g/mol. The minimum Gasteiger partial charge on any atom is -0.349 e. The van der Waals surface area contributed by atoms with E-state index in [1.807, 2.05) is 19.1 Å². The summed E-state index contributed by atoms with van der Waals surface area (Å²) in [5.41, 5.74) is 1.64. The highest BCUT2D eigenvalue weighted by Crippen LogP contribution is 2.25. The zero-order chi connectivity index (χ0) is 16.8. The van der Waals surface area contributed by atoms with Crippen molar-refractivity contribution in [2.45, 2.75) is 38.6 Å². The molecule has 1 aromatic carbocycles. The van der Waals surface area contributed by atoms with Crippen molar-refractivity contribution in [1.29, 1.82) is 5.26 Å².